The molecule has 5 heteroatoms. The molecule has 144 valence electrons. The van der Waals surface area contributed by atoms with E-state index in [0.29, 0.717) is 6.42 Å². The first-order chi connectivity index (χ1) is 12.1. The fourth-order valence-electron chi connectivity index (χ4n) is 2.69. The SMILES string of the molecule is C=CCC(CC(=O)OC(C)(C)C)C(=O)N(C)[C@H](C)[C@@H](O)c1ccccc1. The van der Waals surface area contributed by atoms with Gasteiger partial charge < -0.3 is 14.7 Å². The Morgan fingerprint density at radius 3 is 2.35 bits per heavy atom. The highest BCUT2D eigenvalue weighted by atomic mass is 16.6. The molecule has 1 unspecified atom stereocenters. The summed E-state index contributed by atoms with van der Waals surface area (Å²) in [5.41, 5.74) is 0.147. The molecule has 0 heterocycles. The highest BCUT2D eigenvalue weighted by Gasteiger charge is 2.31. The van der Waals surface area contributed by atoms with E-state index in [1.807, 2.05) is 30.3 Å². The predicted octanol–water partition coefficient (Wildman–Crippen LogP) is 3.49. The van der Waals surface area contributed by atoms with Crippen LogP contribution in [0.4, 0.5) is 0 Å². The third-order valence-corrected chi connectivity index (χ3v) is 4.19. The first-order valence-corrected chi connectivity index (χ1v) is 8.89. The van der Waals surface area contributed by atoms with E-state index in [1.165, 1.54) is 4.90 Å². The molecule has 0 aliphatic heterocycles. The molecule has 0 saturated carbocycles. The second-order valence-electron chi connectivity index (χ2n) is 7.56. The third kappa shape index (κ3) is 6.64. The fourth-order valence-corrected chi connectivity index (χ4v) is 2.69. The quantitative estimate of drug-likeness (QED) is 0.568. The molecular formula is C21H31NO4. The molecule has 1 aromatic carbocycles. The van der Waals surface area contributed by atoms with Crippen molar-refractivity contribution >= 4 is 11.9 Å². The van der Waals surface area contributed by atoms with Crippen molar-refractivity contribution in [1.82, 2.24) is 4.90 Å². The van der Waals surface area contributed by atoms with Gasteiger partial charge in [-0.25, -0.2) is 0 Å². The number of ether oxygens (including phenoxy) is 1. The summed E-state index contributed by atoms with van der Waals surface area (Å²) in [5.74, 6) is -1.18. The van der Waals surface area contributed by atoms with Crippen molar-refractivity contribution in [2.75, 3.05) is 7.05 Å². The first kappa shape index (κ1) is 21.9. The molecule has 0 aliphatic rings. The van der Waals surface area contributed by atoms with E-state index in [1.54, 1.807) is 40.8 Å². The van der Waals surface area contributed by atoms with E-state index in [0.717, 1.165) is 5.56 Å². The van der Waals surface area contributed by atoms with Gasteiger partial charge in [-0.3, -0.25) is 9.59 Å². The van der Waals surface area contributed by atoms with Gasteiger partial charge in [0.25, 0.3) is 0 Å². The zero-order valence-corrected chi connectivity index (χ0v) is 16.4. The monoisotopic (exact) mass is 361 g/mol. The van der Waals surface area contributed by atoms with Crippen LogP contribution in [0.15, 0.2) is 43.0 Å². The van der Waals surface area contributed by atoms with Crippen molar-refractivity contribution in [2.45, 2.75) is 58.3 Å². The van der Waals surface area contributed by atoms with Gasteiger partial charge in [-0.05, 0) is 39.7 Å². The lowest BCUT2D eigenvalue weighted by molar-refractivity contribution is -0.158. The van der Waals surface area contributed by atoms with Gasteiger partial charge in [-0.15, -0.1) is 6.58 Å². The number of nitrogens with zero attached hydrogens (tertiary/aromatic N) is 1. The molecule has 1 amide bonds. The van der Waals surface area contributed by atoms with Crippen molar-refractivity contribution in [1.29, 1.82) is 0 Å². The van der Waals surface area contributed by atoms with Crippen LogP contribution in [0, 0.1) is 5.92 Å². The van der Waals surface area contributed by atoms with Gasteiger partial charge in [0.2, 0.25) is 5.91 Å². The molecule has 3 atom stereocenters. The van der Waals surface area contributed by atoms with Gasteiger partial charge in [0.15, 0.2) is 0 Å². The van der Waals surface area contributed by atoms with E-state index in [2.05, 4.69) is 6.58 Å². The molecule has 0 saturated heterocycles. The number of esters is 1. The number of benzene rings is 1. The Balaban J connectivity index is 2.83. The van der Waals surface area contributed by atoms with E-state index < -0.39 is 29.6 Å². The Morgan fingerprint density at radius 2 is 1.85 bits per heavy atom. The fraction of sp³-hybridized carbons (Fsp3) is 0.524. The zero-order chi connectivity index (χ0) is 19.9. The van der Waals surface area contributed by atoms with Gasteiger partial charge in [-0.1, -0.05) is 36.4 Å². The smallest absolute Gasteiger partial charge is 0.307 e. The van der Waals surface area contributed by atoms with E-state index in [-0.39, 0.29) is 12.3 Å². The minimum atomic E-state index is -0.809. The van der Waals surface area contributed by atoms with Crippen LogP contribution < -0.4 is 0 Å². The highest BCUT2D eigenvalue weighted by molar-refractivity contribution is 5.84. The Labute approximate surface area is 156 Å². The van der Waals surface area contributed by atoms with Gasteiger partial charge >= 0.3 is 5.97 Å². The van der Waals surface area contributed by atoms with Crippen LogP contribution in [0.1, 0.15) is 52.2 Å². The van der Waals surface area contributed by atoms with Gasteiger partial charge in [0.1, 0.15) is 5.60 Å². The van der Waals surface area contributed by atoms with E-state index >= 15 is 0 Å². The largest absolute Gasteiger partial charge is 0.460 e. The number of aliphatic hydroxyl groups is 1. The number of allylic oxidation sites excluding steroid dienone is 1. The maximum Gasteiger partial charge on any atom is 0.307 e. The number of rotatable bonds is 8. The normalized spacial score (nSPS) is 14.8. The average Bonchev–Trinajstić information content (AvgIpc) is 2.58. The third-order valence-electron chi connectivity index (χ3n) is 4.19. The van der Waals surface area contributed by atoms with Crippen LogP contribution >= 0.6 is 0 Å². The molecular weight excluding hydrogens is 330 g/mol. The van der Waals surface area contributed by atoms with Crippen LogP contribution in [0.25, 0.3) is 0 Å². The van der Waals surface area contributed by atoms with Crippen LogP contribution in [0.5, 0.6) is 0 Å². The number of likely N-dealkylation sites (N-methyl/N-ethyl adjacent to an activating group) is 1. The van der Waals surface area contributed by atoms with E-state index in [9.17, 15) is 14.7 Å². The first-order valence-electron chi connectivity index (χ1n) is 8.89. The number of hydrogen-bond donors (Lipinski definition) is 1. The molecule has 0 spiro atoms. The molecule has 1 aromatic rings. The summed E-state index contributed by atoms with van der Waals surface area (Å²) >= 11 is 0. The van der Waals surface area contributed by atoms with Crippen molar-refractivity contribution in [3.8, 4) is 0 Å². The van der Waals surface area contributed by atoms with Crippen LogP contribution in [0.3, 0.4) is 0 Å². The van der Waals surface area contributed by atoms with Gasteiger partial charge in [0.05, 0.1) is 24.5 Å². The zero-order valence-electron chi connectivity index (χ0n) is 16.4. The van der Waals surface area contributed by atoms with Gasteiger partial charge in [0, 0.05) is 7.05 Å². The average molecular weight is 361 g/mol. The molecule has 1 rings (SSSR count). The summed E-state index contributed by atoms with van der Waals surface area (Å²) in [4.78, 5) is 26.5. The maximum absolute atomic E-state index is 12.9. The lowest BCUT2D eigenvalue weighted by Crippen LogP contribution is -2.43. The number of amides is 1. The number of carbonyl (C=O) groups is 2. The lowest BCUT2D eigenvalue weighted by atomic mass is 9.97. The number of carbonyl (C=O) groups excluding carboxylic acids is 2. The Hall–Kier alpha value is -2.14. The highest BCUT2D eigenvalue weighted by Crippen LogP contribution is 2.23. The van der Waals surface area contributed by atoms with Crippen molar-refractivity contribution in [3.63, 3.8) is 0 Å². The minimum absolute atomic E-state index is 0.0133. The number of hydrogen-bond acceptors (Lipinski definition) is 4. The Bertz CT molecular complexity index is 606. The summed E-state index contributed by atoms with van der Waals surface area (Å²) in [6, 6.07) is 8.77. The van der Waals surface area contributed by atoms with Crippen LogP contribution in [0.2, 0.25) is 0 Å². The second kappa shape index (κ2) is 9.53. The summed E-state index contributed by atoms with van der Waals surface area (Å²) in [6.45, 7) is 10.8. The number of aliphatic hydroxyl groups excluding tert-OH is 1. The molecule has 0 aliphatic carbocycles. The van der Waals surface area contributed by atoms with Crippen LogP contribution in [-0.4, -0.2) is 40.6 Å². The van der Waals surface area contributed by atoms with Crippen molar-refractivity contribution < 1.29 is 19.4 Å². The van der Waals surface area contributed by atoms with Crippen LogP contribution in [-0.2, 0) is 14.3 Å². The summed E-state index contributed by atoms with van der Waals surface area (Å²) in [6.07, 6.45) is 1.17. The van der Waals surface area contributed by atoms with E-state index in [4.69, 9.17) is 4.74 Å². The molecule has 0 aromatic heterocycles. The summed E-state index contributed by atoms with van der Waals surface area (Å²) < 4.78 is 5.33. The second-order valence-corrected chi connectivity index (χ2v) is 7.56. The van der Waals surface area contributed by atoms with Crippen molar-refractivity contribution in [3.05, 3.63) is 48.6 Å². The minimum Gasteiger partial charge on any atom is -0.460 e. The van der Waals surface area contributed by atoms with Crippen molar-refractivity contribution in [2.24, 2.45) is 5.92 Å². The predicted molar refractivity (Wildman–Crippen MR) is 102 cm³/mol. The Kier molecular flexibility index (Phi) is 8.03. The maximum atomic E-state index is 12.9. The molecule has 5 nitrogen and oxygen atoms in total. The summed E-state index contributed by atoms with van der Waals surface area (Å²) in [5, 5.41) is 10.5. The standard InChI is InChI=1S/C21H31NO4/c1-7-11-17(14-18(23)26-21(3,4)5)20(25)22(6)15(2)19(24)16-12-9-8-10-13-16/h7-10,12-13,15,17,19,24H,1,11,14H2,2-6H3/t15-,17?,19-/m1/s1. The molecule has 1 N–H and O–H groups in total. The topological polar surface area (TPSA) is 66.8 Å². The van der Waals surface area contributed by atoms with Gasteiger partial charge in [-0.2, -0.15) is 0 Å². The Morgan fingerprint density at radius 1 is 1.27 bits per heavy atom. The summed E-state index contributed by atoms with van der Waals surface area (Å²) in [7, 11) is 1.64. The molecule has 0 fully saturated rings. The molecule has 26 heavy (non-hydrogen) atoms. The molecule has 0 radical (unpaired) electrons. The lowest BCUT2D eigenvalue weighted by Gasteiger charge is -2.32. The molecule has 0 bridgehead atoms.